The molecule has 0 aliphatic carbocycles. The molecule has 1 aliphatic rings. The Morgan fingerprint density at radius 2 is 2.10 bits per heavy atom. The van der Waals surface area contributed by atoms with Crippen LogP contribution in [0.3, 0.4) is 0 Å². The van der Waals surface area contributed by atoms with Gasteiger partial charge in [0.1, 0.15) is 0 Å². The topological polar surface area (TPSA) is 24.5 Å². The fourth-order valence-electron chi connectivity index (χ4n) is 2.79. The number of hydrogen-bond acceptors (Lipinski definition) is 3. The van der Waals surface area contributed by atoms with E-state index in [1.807, 2.05) is 29.2 Å². The van der Waals surface area contributed by atoms with Crippen LogP contribution in [-0.4, -0.2) is 32.6 Å². The summed E-state index contributed by atoms with van der Waals surface area (Å²) >= 11 is 0. The number of alkyl halides is 3. The van der Waals surface area contributed by atoms with Crippen molar-refractivity contribution in [2.75, 3.05) is 31.1 Å². The summed E-state index contributed by atoms with van der Waals surface area (Å²) in [5.74, 6) is 0. The molecule has 0 saturated carbocycles. The van der Waals surface area contributed by atoms with Gasteiger partial charge in [-0.15, -0.1) is 13.2 Å². The molecule has 1 aromatic carbocycles. The maximum Gasteiger partial charge on any atom is 0.522 e. The van der Waals surface area contributed by atoms with Crippen molar-refractivity contribution in [2.24, 2.45) is 0 Å². The molecular formula is C15H21F3N2O. The SMILES string of the molecule is CCNC1CCCN(CCOC(F)(F)F)c2ccccc21. The normalized spacial score (nSPS) is 19.2. The number of halogens is 3. The van der Waals surface area contributed by atoms with Gasteiger partial charge in [0, 0.05) is 24.8 Å². The van der Waals surface area contributed by atoms with Gasteiger partial charge in [0.05, 0.1) is 6.61 Å². The number of fused-ring (bicyclic) bond motifs is 1. The van der Waals surface area contributed by atoms with Crippen LogP contribution >= 0.6 is 0 Å². The van der Waals surface area contributed by atoms with E-state index in [0.717, 1.165) is 37.2 Å². The predicted octanol–water partition coefficient (Wildman–Crippen LogP) is 3.47. The van der Waals surface area contributed by atoms with E-state index in [1.54, 1.807) is 0 Å². The third kappa shape index (κ3) is 4.61. The number of hydrogen-bond donors (Lipinski definition) is 1. The van der Waals surface area contributed by atoms with Crippen molar-refractivity contribution in [2.45, 2.75) is 32.2 Å². The Hall–Kier alpha value is -1.27. The Labute approximate surface area is 123 Å². The minimum Gasteiger partial charge on any atom is -0.369 e. The average Bonchev–Trinajstić information content (AvgIpc) is 2.59. The van der Waals surface area contributed by atoms with Gasteiger partial charge in [-0.3, -0.25) is 4.74 Å². The van der Waals surface area contributed by atoms with Crippen LogP contribution in [0.4, 0.5) is 18.9 Å². The maximum atomic E-state index is 12.1. The van der Waals surface area contributed by atoms with Crippen LogP contribution in [0.1, 0.15) is 31.4 Å². The van der Waals surface area contributed by atoms with Crippen LogP contribution in [0.5, 0.6) is 0 Å². The first-order valence-corrected chi connectivity index (χ1v) is 7.29. The lowest BCUT2D eigenvalue weighted by Crippen LogP contribution is -2.30. The van der Waals surface area contributed by atoms with Gasteiger partial charge in [0.25, 0.3) is 0 Å². The molecule has 1 N–H and O–H groups in total. The number of ether oxygens (including phenoxy) is 1. The molecule has 0 spiro atoms. The zero-order valence-electron chi connectivity index (χ0n) is 12.1. The van der Waals surface area contributed by atoms with E-state index in [1.165, 1.54) is 0 Å². The number of rotatable bonds is 5. The van der Waals surface area contributed by atoms with Gasteiger partial charge in [-0.2, -0.15) is 0 Å². The monoisotopic (exact) mass is 302 g/mol. The largest absolute Gasteiger partial charge is 0.522 e. The lowest BCUT2D eigenvalue weighted by atomic mass is 10.0. The van der Waals surface area contributed by atoms with Crippen LogP contribution in [0.25, 0.3) is 0 Å². The number of para-hydroxylation sites is 1. The van der Waals surface area contributed by atoms with Crippen LogP contribution in [0.2, 0.25) is 0 Å². The molecule has 0 saturated heterocycles. The highest BCUT2D eigenvalue weighted by atomic mass is 19.4. The lowest BCUT2D eigenvalue weighted by Gasteiger charge is -2.26. The highest BCUT2D eigenvalue weighted by molar-refractivity contribution is 5.55. The fourth-order valence-corrected chi connectivity index (χ4v) is 2.79. The summed E-state index contributed by atoms with van der Waals surface area (Å²) in [5, 5.41) is 3.44. The molecule has 0 fully saturated rings. The van der Waals surface area contributed by atoms with E-state index < -0.39 is 6.36 Å². The third-order valence-electron chi connectivity index (χ3n) is 3.65. The molecule has 6 heteroatoms. The number of nitrogens with zero attached hydrogens (tertiary/aromatic N) is 1. The second-order valence-electron chi connectivity index (χ2n) is 5.09. The molecule has 1 unspecified atom stereocenters. The molecule has 118 valence electrons. The molecule has 0 amide bonds. The molecule has 1 atom stereocenters. The van der Waals surface area contributed by atoms with Crippen molar-refractivity contribution >= 4 is 5.69 Å². The average molecular weight is 302 g/mol. The Morgan fingerprint density at radius 1 is 1.33 bits per heavy atom. The van der Waals surface area contributed by atoms with Crippen LogP contribution < -0.4 is 10.2 Å². The molecule has 2 rings (SSSR count). The van der Waals surface area contributed by atoms with Gasteiger partial charge in [0.2, 0.25) is 0 Å². The van der Waals surface area contributed by atoms with E-state index in [2.05, 4.69) is 17.0 Å². The Bertz CT molecular complexity index is 451. The minimum absolute atomic E-state index is 0.245. The van der Waals surface area contributed by atoms with E-state index in [9.17, 15) is 13.2 Å². The fraction of sp³-hybridized carbons (Fsp3) is 0.600. The zero-order valence-corrected chi connectivity index (χ0v) is 12.1. The highest BCUT2D eigenvalue weighted by Gasteiger charge is 2.29. The first kappa shape index (κ1) is 16.1. The van der Waals surface area contributed by atoms with Gasteiger partial charge in [-0.1, -0.05) is 25.1 Å². The van der Waals surface area contributed by atoms with Gasteiger partial charge < -0.3 is 10.2 Å². The standard InChI is InChI=1S/C15H21F3N2O/c1-2-19-13-7-5-9-20(10-11-21-15(16,17)18)14-8-4-3-6-12(13)14/h3-4,6,8,13,19H,2,5,7,9-11H2,1H3. The van der Waals surface area contributed by atoms with Crippen LogP contribution in [0, 0.1) is 0 Å². The summed E-state index contributed by atoms with van der Waals surface area (Å²) in [6, 6.07) is 8.17. The molecule has 0 bridgehead atoms. The van der Waals surface area contributed by atoms with Gasteiger partial charge in [0.15, 0.2) is 0 Å². The molecule has 3 nitrogen and oxygen atoms in total. The van der Waals surface area contributed by atoms with Crippen LogP contribution in [-0.2, 0) is 4.74 Å². The van der Waals surface area contributed by atoms with E-state index >= 15 is 0 Å². The molecule has 1 aliphatic heterocycles. The number of benzene rings is 1. The van der Waals surface area contributed by atoms with Crippen molar-refractivity contribution in [1.29, 1.82) is 0 Å². The third-order valence-corrected chi connectivity index (χ3v) is 3.65. The second kappa shape index (κ2) is 7.13. The first-order valence-electron chi connectivity index (χ1n) is 7.29. The van der Waals surface area contributed by atoms with Crippen molar-refractivity contribution in [3.63, 3.8) is 0 Å². The number of nitrogens with one attached hydrogen (secondary N) is 1. The zero-order chi connectivity index (χ0) is 15.3. The van der Waals surface area contributed by atoms with Crippen molar-refractivity contribution in [3.05, 3.63) is 29.8 Å². The van der Waals surface area contributed by atoms with Crippen molar-refractivity contribution in [1.82, 2.24) is 5.32 Å². The van der Waals surface area contributed by atoms with Gasteiger partial charge in [-0.25, -0.2) is 0 Å². The Morgan fingerprint density at radius 3 is 2.81 bits per heavy atom. The van der Waals surface area contributed by atoms with Crippen molar-refractivity contribution < 1.29 is 17.9 Å². The van der Waals surface area contributed by atoms with E-state index in [-0.39, 0.29) is 19.2 Å². The summed E-state index contributed by atoms with van der Waals surface area (Å²) in [6.07, 6.45) is -2.63. The van der Waals surface area contributed by atoms with Gasteiger partial charge in [-0.05, 0) is 31.0 Å². The summed E-state index contributed by atoms with van der Waals surface area (Å²) in [5.41, 5.74) is 2.16. The molecule has 1 heterocycles. The molecule has 0 aromatic heterocycles. The Balaban J connectivity index is 2.09. The molecule has 1 aromatic rings. The lowest BCUT2D eigenvalue weighted by molar-refractivity contribution is -0.323. The summed E-state index contributed by atoms with van der Waals surface area (Å²) in [4.78, 5) is 1.98. The first-order chi connectivity index (χ1) is 10.0. The highest BCUT2D eigenvalue weighted by Crippen LogP contribution is 2.32. The predicted molar refractivity (Wildman–Crippen MR) is 76.3 cm³/mol. The molecule has 0 radical (unpaired) electrons. The van der Waals surface area contributed by atoms with Crippen molar-refractivity contribution in [3.8, 4) is 0 Å². The quantitative estimate of drug-likeness (QED) is 0.901. The Kier molecular flexibility index (Phi) is 5.47. The van der Waals surface area contributed by atoms with Gasteiger partial charge >= 0.3 is 6.36 Å². The summed E-state index contributed by atoms with van der Waals surface area (Å²) < 4.78 is 40.2. The second-order valence-corrected chi connectivity index (χ2v) is 5.09. The van der Waals surface area contributed by atoms with Crippen LogP contribution in [0.15, 0.2) is 24.3 Å². The summed E-state index contributed by atoms with van der Waals surface area (Å²) in [7, 11) is 0. The minimum atomic E-state index is -4.56. The number of anilines is 1. The maximum absolute atomic E-state index is 12.1. The summed E-state index contributed by atoms with van der Waals surface area (Å²) in [6.45, 7) is 3.58. The molecule has 21 heavy (non-hydrogen) atoms. The van der Waals surface area contributed by atoms with E-state index in [4.69, 9.17) is 0 Å². The smallest absolute Gasteiger partial charge is 0.369 e. The molecular weight excluding hydrogens is 281 g/mol. The van der Waals surface area contributed by atoms with E-state index in [0.29, 0.717) is 0 Å².